The topological polar surface area (TPSA) is 96.5 Å². The van der Waals surface area contributed by atoms with Gasteiger partial charge in [0.15, 0.2) is 0 Å². The molecule has 0 radical (unpaired) electrons. The van der Waals surface area contributed by atoms with Crippen LogP contribution in [0.1, 0.15) is 31.9 Å². The summed E-state index contributed by atoms with van der Waals surface area (Å²) in [6.45, 7) is 5.40. The summed E-state index contributed by atoms with van der Waals surface area (Å²) in [6.07, 6.45) is -0.327. The van der Waals surface area contributed by atoms with Gasteiger partial charge in [-0.15, -0.1) is 0 Å². The van der Waals surface area contributed by atoms with Crippen molar-refractivity contribution in [1.82, 2.24) is 10.6 Å². The molecule has 154 valence electrons. The maximum Gasteiger partial charge on any atom is 0.408 e. The molecule has 3 N–H and O–H groups in total. The minimum Gasteiger partial charge on any atom is -0.444 e. The number of rotatable bonds is 7. The van der Waals surface area contributed by atoms with Crippen LogP contribution in [0.25, 0.3) is 0 Å². The molecule has 7 heteroatoms. The molecule has 0 atom stereocenters. The van der Waals surface area contributed by atoms with Crippen LogP contribution in [0, 0.1) is 0 Å². The molecule has 0 aliphatic heterocycles. The number of hydrogen-bond donors (Lipinski definition) is 3. The largest absolute Gasteiger partial charge is 0.444 e. The van der Waals surface area contributed by atoms with Crippen molar-refractivity contribution in [3.8, 4) is 0 Å². The van der Waals surface area contributed by atoms with E-state index in [0.29, 0.717) is 18.7 Å². The van der Waals surface area contributed by atoms with Gasteiger partial charge < -0.3 is 20.7 Å². The zero-order valence-electron chi connectivity index (χ0n) is 17.0. The molecule has 0 aliphatic carbocycles. The summed E-state index contributed by atoms with van der Waals surface area (Å²) in [5.74, 6) is -0.415. The number of alkyl carbamates (subject to hydrolysis) is 1. The van der Waals surface area contributed by atoms with Gasteiger partial charge in [-0.1, -0.05) is 42.5 Å². The molecule has 2 aromatic rings. The van der Waals surface area contributed by atoms with Crippen molar-refractivity contribution in [1.29, 1.82) is 0 Å². The first-order valence-electron chi connectivity index (χ1n) is 9.37. The standard InChI is InChI=1S/C22H27N3O4/c1-22(2,3)29-21(28)24-15-20(27)23-14-17-9-11-18(12-10-17)25-19(26)13-16-7-5-4-6-8-16/h4-12H,13-15H2,1-3H3,(H,23,27)(H,24,28)(H,25,26). The molecular weight excluding hydrogens is 370 g/mol. The lowest BCUT2D eigenvalue weighted by atomic mass is 10.1. The highest BCUT2D eigenvalue weighted by Gasteiger charge is 2.16. The van der Waals surface area contributed by atoms with Gasteiger partial charge in [-0.05, 0) is 44.0 Å². The second kappa shape index (κ2) is 10.3. The summed E-state index contributed by atoms with van der Waals surface area (Å²) in [7, 11) is 0. The van der Waals surface area contributed by atoms with Gasteiger partial charge in [0, 0.05) is 12.2 Å². The highest BCUT2D eigenvalue weighted by molar-refractivity contribution is 5.92. The Kier molecular flexibility index (Phi) is 7.77. The quantitative estimate of drug-likeness (QED) is 0.669. The highest BCUT2D eigenvalue weighted by Crippen LogP contribution is 2.11. The minimum absolute atomic E-state index is 0.0922. The predicted molar refractivity (Wildman–Crippen MR) is 111 cm³/mol. The lowest BCUT2D eigenvalue weighted by Crippen LogP contribution is -2.39. The molecule has 0 spiro atoms. The van der Waals surface area contributed by atoms with Crippen LogP contribution in [0.5, 0.6) is 0 Å². The van der Waals surface area contributed by atoms with Crippen molar-refractivity contribution >= 4 is 23.6 Å². The van der Waals surface area contributed by atoms with Gasteiger partial charge in [0.1, 0.15) is 12.1 Å². The van der Waals surface area contributed by atoms with Crippen LogP contribution < -0.4 is 16.0 Å². The summed E-state index contributed by atoms with van der Waals surface area (Å²) in [5.41, 5.74) is 1.90. The second-order valence-corrected chi connectivity index (χ2v) is 7.54. The molecule has 7 nitrogen and oxygen atoms in total. The number of carbonyl (C=O) groups is 3. The van der Waals surface area contributed by atoms with Crippen LogP contribution in [0.15, 0.2) is 54.6 Å². The van der Waals surface area contributed by atoms with E-state index in [4.69, 9.17) is 4.74 Å². The van der Waals surface area contributed by atoms with E-state index < -0.39 is 11.7 Å². The molecule has 2 aromatic carbocycles. The second-order valence-electron chi connectivity index (χ2n) is 7.54. The Hall–Kier alpha value is -3.35. The average molecular weight is 397 g/mol. The molecule has 0 saturated carbocycles. The van der Waals surface area contributed by atoms with E-state index in [1.165, 1.54) is 0 Å². The predicted octanol–water partition coefficient (Wildman–Crippen LogP) is 3.01. The fourth-order valence-electron chi connectivity index (χ4n) is 2.42. The van der Waals surface area contributed by atoms with Gasteiger partial charge in [-0.25, -0.2) is 4.79 Å². The van der Waals surface area contributed by atoms with E-state index in [1.54, 1.807) is 32.9 Å². The van der Waals surface area contributed by atoms with Crippen molar-refractivity contribution in [3.05, 3.63) is 65.7 Å². The molecule has 0 aromatic heterocycles. The first-order valence-corrected chi connectivity index (χ1v) is 9.37. The Bertz CT molecular complexity index is 827. The summed E-state index contributed by atoms with van der Waals surface area (Å²) in [6, 6.07) is 16.7. The van der Waals surface area contributed by atoms with Gasteiger partial charge in [0.2, 0.25) is 11.8 Å². The smallest absolute Gasteiger partial charge is 0.408 e. The number of nitrogens with one attached hydrogen (secondary N) is 3. The van der Waals surface area contributed by atoms with Crippen LogP contribution >= 0.6 is 0 Å². The van der Waals surface area contributed by atoms with Crippen LogP contribution in [0.3, 0.4) is 0 Å². The zero-order valence-corrected chi connectivity index (χ0v) is 17.0. The number of anilines is 1. The number of ether oxygens (including phenoxy) is 1. The minimum atomic E-state index is -0.636. The SMILES string of the molecule is CC(C)(C)OC(=O)NCC(=O)NCc1ccc(NC(=O)Cc2ccccc2)cc1. The number of amides is 3. The van der Waals surface area contributed by atoms with E-state index in [9.17, 15) is 14.4 Å². The Morgan fingerprint density at radius 3 is 2.10 bits per heavy atom. The molecule has 29 heavy (non-hydrogen) atoms. The summed E-state index contributed by atoms with van der Waals surface area (Å²) in [4.78, 5) is 35.4. The maximum absolute atomic E-state index is 12.1. The molecule has 0 fully saturated rings. The van der Waals surface area contributed by atoms with E-state index in [-0.39, 0.29) is 18.4 Å². The van der Waals surface area contributed by atoms with Gasteiger partial charge >= 0.3 is 6.09 Å². The van der Waals surface area contributed by atoms with E-state index in [1.807, 2.05) is 42.5 Å². The summed E-state index contributed by atoms with van der Waals surface area (Å²) >= 11 is 0. The van der Waals surface area contributed by atoms with E-state index in [2.05, 4.69) is 16.0 Å². The molecule has 0 bridgehead atoms. The third-order valence-corrected chi connectivity index (χ3v) is 3.73. The lowest BCUT2D eigenvalue weighted by Gasteiger charge is -2.19. The van der Waals surface area contributed by atoms with Crippen LogP contribution in [-0.4, -0.2) is 30.1 Å². The molecule has 0 aliphatic rings. The van der Waals surface area contributed by atoms with Crippen molar-refractivity contribution in [2.45, 2.75) is 39.3 Å². The fraction of sp³-hybridized carbons (Fsp3) is 0.318. The third-order valence-electron chi connectivity index (χ3n) is 3.73. The molecule has 0 saturated heterocycles. The normalized spacial score (nSPS) is 10.7. The Morgan fingerprint density at radius 2 is 1.48 bits per heavy atom. The number of hydrogen-bond acceptors (Lipinski definition) is 4. The molecule has 0 unspecified atom stereocenters. The molecule has 0 heterocycles. The monoisotopic (exact) mass is 397 g/mol. The molecular formula is C22H27N3O4. The van der Waals surface area contributed by atoms with Crippen LogP contribution in [0.2, 0.25) is 0 Å². The average Bonchev–Trinajstić information content (AvgIpc) is 2.65. The van der Waals surface area contributed by atoms with Crippen molar-refractivity contribution < 1.29 is 19.1 Å². The van der Waals surface area contributed by atoms with Gasteiger partial charge in [-0.2, -0.15) is 0 Å². The van der Waals surface area contributed by atoms with Crippen molar-refractivity contribution in [3.63, 3.8) is 0 Å². The summed E-state index contributed by atoms with van der Waals surface area (Å²) in [5, 5.41) is 7.96. The van der Waals surface area contributed by atoms with Crippen LogP contribution in [-0.2, 0) is 27.3 Å². The van der Waals surface area contributed by atoms with E-state index in [0.717, 1.165) is 11.1 Å². The zero-order chi connectivity index (χ0) is 21.3. The number of benzene rings is 2. The van der Waals surface area contributed by atoms with Gasteiger partial charge in [0.25, 0.3) is 0 Å². The fourth-order valence-corrected chi connectivity index (χ4v) is 2.42. The highest BCUT2D eigenvalue weighted by atomic mass is 16.6. The molecule has 2 rings (SSSR count). The first kappa shape index (κ1) is 21.9. The van der Waals surface area contributed by atoms with Crippen molar-refractivity contribution in [2.24, 2.45) is 0 Å². The first-order chi connectivity index (χ1) is 13.7. The van der Waals surface area contributed by atoms with Gasteiger partial charge in [0.05, 0.1) is 6.42 Å². The number of carbonyl (C=O) groups excluding carboxylic acids is 3. The summed E-state index contributed by atoms with van der Waals surface area (Å²) < 4.78 is 5.07. The van der Waals surface area contributed by atoms with E-state index >= 15 is 0 Å². The van der Waals surface area contributed by atoms with Crippen molar-refractivity contribution in [2.75, 3.05) is 11.9 Å². The lowest BCUT2D eigenvalue weighted by molar-refractivity contribution is -0.120. The maximum atomic E-state index is 12.1. The molecule has 3 amide bonds. The Morgan fingerprint density at radius 1 is 0.828 bits per heavy atom. The van der Waals surface area contributed by atoms with Gasteiger partial charge in [-0.3, -0.25) is 9.59 Å². The Labute approximate surface area is 170 Å². The Balaban J connectivity index is 1.72. The van der Waals surface area contributed by atoms with Crippen LogP contribution in [0.4, 0.5) is 10.5 Å². The third kappa shape index (κ3) is 8.92.